The number of nitro groups is 1. The number of ether oxygens (including phenoxy) is 2. The Kier molecular flexibility index (Phi) is 4.22. The van der Waals surface area contributed by atoms with Gasteiger partial charge >= 0.3 is 0 Å². The van der Waals surface area contributed by atoms with E-state index < -0.39 is 4.92 Å². The van der Waals surface area contributed by atoms with Crippen molar-refractivity contribution in [2.75, 3.05) is 13.7 Å². The summed E-state index contributed by atoms with van der Waals surface area (Å²) >= 11 is 0. The van der Waals surface area contributed by atoms with E-state index in [1.165, 1.54) is 25.3 Å². The third kappa shape index (κ3) is 3.19. The second-order valence-corrected chi connectivity index (χ2v) is 4.31. The van der Waals surface area contributed by atoms with E-state index in [2.05, 4.69) is 0 Å². The molecule has 110 valence electrons. The average Bonchev–Trinajstić information content (AvgIpc) is 2.90. The van der Waals surface area contributed by atoms with Crippen LogP contribution in [0.15, 0.2) is 36.5 Å². The molecule has 0 aliphatic heterocycles. The van der Waals surface area contributed by atoms with Gasteiger partial charge in [-0.1, -0.05) is 0 Å². The third-order valence-corrected chi connectivity index (χ3v) is 2.95. The third-order valence-electron chi connectivity index (χ3n) is 2.95. The van der Waals surface area contributed by atoms with Gasteiger partial charge in [0.15, 0.2) is 18.1 Å². The van der Waals surface area contributed by atoms with Gasteiger partial charge in [0.05, 0.1) is 23.8 Å². The van der Waals surface area contributed by atoms with Crippen LogP contribution in [0, 0.1) is 10.1 Å². The van der Waals surface area contributed by atoms with Crippen molar-refractivity contribution in [3.05, 3.63) is 52.3 Å². The molecule has 1 aromatic carbocycles. The molecule has 2 rings (SSSR count). The first kappa shape index (κ1) is 14.6. The van der Waals surface area contributed by atoms with Crippen molar-refractivity contribution < 1.29 is 19.2 Å². The molecule has 0 spiro atoms. The maximum atomic E-state index is 12.0. The molecular formula is C14H14N2O5. The zero-order valence-electron chi connectivity index (χ0n) is 11.6. The fraction of sp³-hybridized carbons (Fsp3) is 0.214. The molecule has 0 aliphatic carbocycles. The van der Waals surface area contributed by atoms with E-state index in [1.807, 2.05) is 0 Å². The number of carbonyl (C=O) groups is 1. The van der Waals surface area contributed by atoms with Crippen molar-refractivity contribution in [1.29, 1.82) is 0 Å². The summed E-state index contributed by atoms with van der Waals surface area (Å²) in [6.07, 6.45) is 1.75. The molecule has 1 heterocycles. The number of methoxy groups -OCH3 is 1. The average molecular weight is 290 g/mol. The van der Waals surface area contributed by atoms with Crippen molar-refractivity contribution in [2.24, 2.45) is 7.05 Å². The molecular weight excluding hydrogens is 276 g/mol. The molecule has 0 unspecified atom stereocenters. The van der Waals surface area contributed by atoms with Crippen LogP contribution in [0.4, 0.5) is 5.69 Å². The number of nitro benzene ring substituents is 1. The molecule has 0 fully saturated rings. The first-order valence-corrected chi connectivity index (χ1v) is 6.12. The number of rotatable bonds is 6. The minimum absolute atomic E-state index is 0.128. The Hall–Kier alpha value is -2.83. The van der Waals surface area contributed by atoms with Gasteiger partial charge in [0, 0.05) is 19.3 Å². The van der Waals surface area contributed by atoms with Crippen molar-refractivity contribution in [3.8, 4) is 11.5 Å². The molecule has 0 amide bonds. The first-order chi connectivity index (χ1) is 10.0. The van der Waals surface area contributed by atoms with Crippen LogP contribution in [0.3, 0.4) is 0 Å². The molecule has 0 aliphatic rings. The van der Waals surface area contributed by atoms with Crippen LogP contribution < -0.4 is 9.47 Å². The van der Waals surface area contributed by atoms with Gasteiger partial charge in [-0.2, -0.15) is 0 Å². The van der Waals surface area contributed by atoms with Crippen LogP contribution in [0.25, 0.3) is 0 Å². The summed E-state index contributed by atoms with van der Waals surface area (Å²) in [5, 5.41) is 10.8. The lowest BCUT2D eigenvalue weighted by atomic mass is 10.2. The highest BCUT2D eigenvalue weighted by molar-refractivity contribution is 5.95. The molecule has 0 saturated carbocycles. The van der Waals surface area contributed by atoms with Crippen LogP contribution in [-0.2, 0) is 7.05 Å². The topological polar surface area (TPSA) is 83.6 Å². The monoisotopic (exact) mass is 290 g/mol. The summed E-state index contributed by atoms with van der Waals surface area (Å²) in [7, 11) is 3.17. The standard InChI is InChI=1S/C14H14N2O5/c1-15-7-3-4-11(15)12(17)9-21-14-8-10(16(18)19)5-6-13(14)20-2/h3-8H,9H2,1-2H3. The highest BCUT2D eigenvalue weighted by atomic mass is 16.6. The second kappa shape index (κ2) is 6.08. The predicted molar refractivity (Wildman–Crippen MR) is 74.9 cm³/mol. The van der Waals surface area contributed by atoms with Gasteiger partial charge in [-0.15, -0.1) is 0 Å². The number of non-ortho nitro benzene ring substituents is 1. The van der Waals surface area contributed by atoms with Gasteiger partial charge in [-0.3, -0.25) is 14.9 Å². The number of hydrogen-bond acceptors (Lipinski definition) is 5. The number of Topliss-reactive ketones (excluding diaryl/α,β-unsaturated/α-hetero) is 1. The fourth-order valence-electron chi connectivity index (χ4n) is 1.86. The van der Waals surface area contributed by atoms with Crippen LogP contribution in [0.2, 0.25) is 0 Å². The highest BCUT2D eigenvalue weighted by Crippen LogP contribution is 2.31. The van der Waals surface area contributed by atoms with Gasteiger partial charge < -0.3 is 14.0 Å². The van der Waals surface area contributed by atoms with Gasteiger partial charge in [0.25, 0.3) is 5.69 Å². The van der Waals surface area contributed by atoms with Crippen LogP contribution in [0.5, 0.6) is 11.5 Å². The number of aromatic nitrogens is 1. The number of carbonyl (C=O) groups excluding carboxylic acids is 1. The second-order valence-electron chi connectivity index (χ2n) is 4.31. The molecule has 7 heteroatoms. The highest BCUT2D eigenvalue weighted by Gasteiger charge is 2.15. The number of ketones is 1. The predicted octanol–water partition coefficient (Wildman–Crippen LogP) is 2.20. The SMILES string of the molecule is COc1ccc([N+](=O)[O-])cc1OCC(=O)c1cccn1C. The van der Waals surface area contributed by atoms with Crippen molar-refractivity contribution in [1.82, 2.24) is 4.57 Å². The largest absolute Gasteiger partial charge is 0.493 e. The smallest absolute Gasteiger partial charge is 0.273 e. The van der Waals surface area contributed by atoms with E-state index in [-0.39, 0.29) is 23.8 Å². The first-order valence-electron chi connectivity index (χ1n) is 6.12. The van der Waals surface area contributed by atoms with Gasteiger partial charge in [0.1, 0.15) is 0 Å². The Bertz CT molecular complexity index is 678. The summed E-state index contributed by atoms with van der Waals surface area (Å²) in [5.41, 5.74) is 0.372. The van der Waals surface area contributed by atoms with E-state index in [1.54, 1.807) is 29.9 Å². The zero-order valence-corrected chi connectivity index (χ0v) is 11.6. The molecule has 0 N–H and O–H groups in total. The van der Waals surface area contributed by atoms with E-state index in [9.17, 15) is 14.9 Å². The molecule has 1 aromatic heterocycles. The number of aryl methyl sites for hydroxylation is 1. The Morgan fingerprint density at radius 2 is 2.10 bits per heavy atom. The van der Waals surface area contributed by atoms with E-state index >= 15 is 0 Å². The van der Waals surface area contributed by atoms with E-state index in [0.717, 1.165) is 0 Å². The maximum absolute atomic E-state index is 12.0. The van der Waals surface area contributed by atoms with Crippen molar-refractivity contribution in [2.45, 2.75) is 0 Å². The lowest BCUT2D eigenvalue weighted by Gasteiger charge is -2.10. The number of nitrogens with zero attached hydrogens (tertiary/aromatic N) is 2. The Morgan fingerprint density at radius 3 is 2.67 bits per heavy atom. The lowest BCUT2D eigenvalue weighted by Crippen LogP contribution is -2.15. The Balaban J connectivity index is 2.15. The summed E-state index contributed by atoms with van der Waals surface area (Å²) in [6.45, 7) is -0.227. The zero-order chi connectivity index (χ0) is 15.4. The summed E-state index contributed by atoms with van der Waals surface area (Å²) in [4.78, 5) is 22.2. The molecule has 7 nitrogen and oxygen atoms in total. The Morgan fingerprint density at radius 1 is 1.33 bits per heavy atom. The van der Waals surface area contributed by atoms with E-state index in [4.69, 9.17) is 9.47 Å². The van der Waals surface area contributed by atoms with Gasteiger partial charge in [0.2, 0.25) is 5.78 Å². The number of benzene rings is 1. The van der Waals surface area contributed by atoms with Crippen molar-refractivity contribution in [3.63, 3.8) is 0 Å². The van der Waals surface area contributed by atoms with Crippen LogP contribution in [0.1, 0.15) is 10.5 Å². The molecule has 0 bridgehead atoms. The Labute approximate surface area is 120 Å². The quantitative estimate of drug-likeness (QED) is 0.462. The lowest BCUT2D eigenvalue weighted by molar-refractivity contribution is -0.385. The molecule has 0 radical (unpaired) electrons. The van der Waals surface area contributed by atoms with Gasteiger partial charge in [-0.05, 0) is 18.2 Å². The summed E-state index contributed by atoms with van der Waals surface area (Å²) in [5.74, 6) is 0.269. The van der Waals surface area contributed by atoms with Crippen LogP contribution >= 0.6 is 0 Å². The number of hydrogen-bond donors (Lipinski definition) is 0. The van der Waals surface area contributed by atoms with E-state index in [0.29, 0.717) is 11.4 Å². The minimum atomic E-state index is -0.536. The summed E-state index contributed by atoms with van der Waals surface area (Å²) < 4.78 is 12.1. The maximum Gasteiger partial charge on any atom is 0.273 e. The van der Waals surface area contributed by atoms with Crippen molar-refractivity contribution >= 4 is 11.5 Å². The minimum Gasteiger partial charge on any atom is -0.493 e. The van der Waals surface area contributed by atoms with Gasteiger partial charge in [-0.25, -0.2) is 0 Å². The molecule has 21 heavy (non-hydrogen) atoms. The summed E-state index contributed by atoms with van der Waals surface area (Å²) in [6, 6.07) is 7.40. The molecule has 0 saturated heterocycles. The molecule has 2 aromatic rings. The molecule has 0 atom stereocenters. The van der Waals surface area contributed by atoms with Crippen LogP contribution in [-0.4, -0.2) is 29.0 Å². The normalized spacial score (nSPS) is 10.2. The fourth-order valence-corrected chi connectivity index (χ4v) is 1.86.